The average molecular weight is 349 g/mol. The Balaban J connectivity index is 1.94. The second-order valence-corrected chi connectivity index (χ2v) is 6.53. The molecule has 4 nitrogen and oxygen atoms in total. The number of hydrogen-bond acceptors (Lipinski definition) is 4. The van der Waals surface area contributed by atoms with Gasteiger partial charge in [0.15, 0.2) is 5.78 Å². The number of anilines is 1. The number of nitrogens with two attached hydrogens (primary N) is 1. The molecule has 1 aliphatic carbocycles. The Morgan fingerprint density at radius 2 is 2.04 bits per heavy atom. The van der Waals surface area contributed by atoms with Gasteiger partial charge in [0.1, 0.15) is 6.67 Å². The molecule has 0 heterocycles. The van der Waals surface area contributed by atoms with Crippen LogP contribution in [-0.4, -0.2) is 5.78 Å². The molecule has 0 aromatic heterocycles. The summed E-state index contributed by atoms with van der Waals surface area (Å²) in [5.74, 6) is -0.132. The van der Waals surface area contributed by atoms with E-state index in [0.29, 0.717) is 23.1 Å². The third kappa shape index (κ3) is 3.51. The summed E-state index contributed by atoms with van der Waals surface area (Å²) in [6.45, 7) is 1.34. The molecule has 0 fully saturated rings. The van der Waals surface area contributed by atoms with Crippen LogP contribution >= 0.6 is 0 Å². The summed E-state index contributed by atoms with van der Waals surface area (Å²) in [5, 5.41) is 12.2. The van der Waals surface area contributed by atoms with Crippen LogP contribution in [0, 0.1) is 17.2 Å². The van der Waals surface area contributed by atoms with Crippen molar-refractivity contribution in [2.24, 2.45) is 11.7 Å². The number of allylic oxidation sites excluding steroid dienone is 1. The molecule has 2 atom stereocenters. The molecular weight excluding hydrogens is 329 g/mol. The van der Waals surface area contributed by atoms with Crippen LogP contribution in [0.2, 0.25) is 0 Å². The Morgan fingerprint density at radius 3 is 2.69 bits per heavy atom. The second kappa shape index (κ2) is 7.51. The quantitative estimate of drug-likeness (QED) is 0.855. The third-order valence-electron chi connectivity index (χ3n) is 4.63. The van der Waals surface area contributed by atoms with E-state index in [9.17, 15) is 9.18 Å². The second-order valence-electron chi connectivity index (χ2n) is 6.53. The predicted molar refractivity (Wildman–Crippen MR) is 98.8 cm³/mol. The van der Waals surface area contributed by atoms with Crippen molar-refractivity contribution in [3.05, 3.63) is 76.5 Å². The number of rotatable bonds is 5. The van der Waals surface area contributed by atoms with Gasteiger partial charge in [-0.3, -0.25) is 4.79 Å². The standard InChI is InChI=1S/C21H20FN3O/c1-13-9-18(25-17-4-2-3-15(10-17)11-22)19(21(13)26)20(24)16-7-5-14(12-23)6-8-16/h2-8,10,13,20,25H,9,11,24H2,1H3. The zero-order valence-electron chi connectivity index (χ0n) is 14.5. The number of benzene rings is 2. The zero-order valence-corrected chi connectivity index (χ0v) is 14.5. The lowest BCUT2D eigenvalue weighted by atomic mass is 9.95. The van der Waals surface area contributed by atoms with Gasteiger partial charge in [0.05, 0.1) is 17.7 Å². The van der Waals surface area contributed by atoms with Crippen LogP contribution in [0.15, 0.2) is 59.8 Å². The van der Waals surface area contributed by atoms with Crippen LogP contribution in [0.1, 0.15) is 36.1 Å². The summed E-state index contributed by atoms with van der Waals surface area (Å²) in [6.07, 6.45) is 0.567. The van der Waals surface area contributed by atoms with Gasteiger partial charge in [-0.05, 0) is 41.8 Å². The number of alkyl halides is 1. The fourth-order valence-electron chi connectivity index (χ4n) is 3.22. The highest BCUT2D eigenvalue weighted by molar-refractivity contribution is 6.02. The van der Waals surface area contributed by atoms with Crippen molar-refractivity contribution in [3.63, 3.8) is 0 Å². The van der Waals surface area contributed by atoms with Crippen LogP contribution in [0.25, 0.3) is 0 Å². The lowest BCUT2D eigenvalue weighted by Gasteiger charge is -2.17. The summed E-state index contributed by atoms with van der Waals surface area (Å²) in [5.41, 5.74) is 10.3. The normalized spacial score (nSPS) is 17.9. The molecule has 0 saturated heterocycles. The minimum atomic E-state index is -0.577. The van der Waals surface area contributed by atoms with E-state index in [1.807, 2.05) is 13.0 Å². The van der Waals surface area contributed by atoms with Crippen LogP contribution < -0.4 is 11.1 Å². The average Bonchev–Trinajstić information content (AvgIpc) is 2.95. The first-order valence-corrected chi connectivity index (χ1v) is 8.48. The number of Topliss-reactive ketones (excluding diaryl/α,β-unsaturated/α-hetero) is 1. The molecule has 26 heavy (non-hydrogen) atoms. The van der Waals surface area contributed by atoms with E-state index in [1.165, 1.54) is 0 Å². The number of nitriles is 1. The van der Waals surface area contributed by atoms with Crippen LogP contribution in [0.5, 0.6) is 0 Å². The maximum Gasteiger partial charge on any atom is 0.165 e. The molecule has 2 aromatic rings. The Morgan fingerprint density at radius 1 is 1.31 bits per heavy atom. The van der Waals surface area contributed by atoms with Crippen molar-refractivity contribution in [2.75, 3.05) is 5.32 Å². The van der Waals surface area contributed by atoms with E-state index < -0.39 is 12.7 Å². The number of nitrogens with one attached hydrogen (secondary N) is 1. The topological polar surface area (TPSA) is 78.9 Å². The molecule has 0 aliphatic heterocycles. The number of ketones is 1. The molecule has 0 radical (unpaired) electrons. The molecule has 3 N–H and O–H groups in total. The zero-order chi connectivity index (χ0) is 18.7. The van der Waals surface area contributed by atoms with Gasteiger partial charge < -0.3 is 11.1 Å². The van der Waals surface area contributed by atoms with Gasteiger partial charge in [-0.1, -0.05) is 31.2 Å². The number of carbonyl (C=O) groups excluding carboxylic acids is 1. The maximum atomic E-state index is 12.9. The summed E-state index contributed by atoms with van der Waals surface area (Å²) >= 11 is 0. The van der Waals surface area contributed by atoms with Gasteiger partial charge in [-0.2, -0.15) is 5.26 Å². The highest BCUT2D eigenvalue weighted by atomic mass is 19.1. The number of nitrogens with zero attached hydrogens (tertiary/aromatic N) is 1. The van der Waals surface area contributed by atoms with Gasteiger partial charge in [-0.25, -0.2) is 4.39 Å². The summed E-state index contributed by atoms with van der Waals surface area (Å²) < 4.78 is 12.9. The van der Waals surface area contributed by atoms with Crippen molar-refractivity contribution < 1.29 is 9.18 Å². The SMILES string of the molecule is CC1CC(Nc2cccc(CF)c2)=C(C(N)c2ccc(C#N)cc2)C1=O. The van der Waals surface area contributed by atoms with Crippen LogP contribution in [0.3, 0.4) is 0 Å². The van der Waals surface area contributed by atoms with Gasteiger partial charge in [0.25, 0.3) is 0 Å². The van der Waals surface area contributed by atoms with Crippen molar-refractivity contribution in [1.82, 2.24) is 0 Å². The highest BCUT2D eigenvalue weighted by Gasteiger charge is 2.34. The molecular formula is C21H20FN3O. The van der Waals surface area contributed by atoms with Crippen molar-refractivity contribution in [3.8, 4) is 6.07 Å². The smallest absolute Gasteiger partial charge is 0.165 e. The highest BCUT2D eigenvalue weighted by Crippen LogP contribution is 2.35. The molecule has 2 unspecified atom stereocenters. The van der Waals surface area contributed by atoms with E-state index in [1.54, 1.807) is 42.5 Å². The van der Waals surface area contributed by atoms with Crippen molar-refractivity contribution in [1.29, 1.82) is 5.26 Å². The Labute approximate surface area is 152 Å². The largest absolute Gasteiger partial charge is 0.358 e. The van der Waals surface area contributed by atoms with E-state index >= 15 is 0 Å². The molecule has 0 amide bonds. The fourth-order valence-corrected chi connectivity index (χ4v) is 3.22. The third-order valence-corrected chi connectivity index (χ3v) is 4.63. The molecule has 3 rings (SSSR count). The molecule has 132 valence electrons. The first-order chi connectivity index (χ1) is 12.5. The lowest BCUT2D eigenvalue weighted by Crippen LogP contribution is -2.20. The first-order valence-electron chi connectivity index (χ1n) is 8.48. The summed E-state index contributed by atoms with van der Waals surface area (Å²) in [6, 6.07) is 15.5. The monoisotopic (exact) mass is 349 g/mol. The summed E-state index contributed by atoms with van der Waals surface area (Å²) in [7, 11) is 0. The van der Waals surface area contributed by atoms with Gasteiger partial charge in [0.2, 0.25) is 0 Å². The van der Waals surface area contributed by atoms with Crippen molar-refractivity contribution in [2.45, 2.75) is 26.1 Å². The Hall–Kier alpha value is -2.97. The predicted octanol–water partition coefficient (Wildman–Crippen LogP) is 4.00. The molecule has 5 heteroatoms. The fraction of sp³-hybridized carbons (Fsp3) is 0.238. The van der Waals surface area contributed by atoms with Crippen LogP contribution in [-0.2, 0) is 11.5 Å². The van der Waals surface area contributed by atoms with E-state index in [2.05, 4.69) is 11.4 Å². The molecule has 2 aromatic carbocycles. The van der Waals surface area contributed by atoms with Crippen molar-refractivity contribution >= 4 is 11.5 Å². The minimum Gasteiger partial charge on any atom is -0.358 e. The number of carbonyl (C=O) groups is 1. The van der Waals surface area contributed by atoms with E-state index in [-0.39, 0.29) is 11.7 Å². The van der Waals surface area contributed by atoms with Gasteiger partial charge in [0, 0.05) is 22.9 Å². The van der Waals surface area contributed by atoms with E-state index in [4.69, 9.17) is 11.0 Å². The molecule has 0 spiro atoms. The molecule has 1 aliphatic rings. The van der Waals surface area contributed by atoms with Crippen LogP contribution in [0.4, 0.5) is 10.1 Å². The first kappa shape index (κ1) is 17.8. The maximum absolute atomic E-state index is 12.9. The number of hydrogen-bond donors (Lipinski definition) is 2. The van der Waals surface area contributed by atoms with Gasteiger partial charge in [-0.15, -0.1) is 0 Å². The Kier molecular flexibility index (Phi) is 5.15. The summed E-state index contributed by atoms with van der Waals surface area (Å²) in [4.78, 5) is 12.7. The lowest BCUT2D eigenvalue weighted by molar-refractivity contribution is -0.118. The van der Waals surface area contributed by atoms with Gasteiger partial charge >= 0.3 is 0 Å². The Bertz CT molecular complexity index is 896. The minimum absolute atomic E-state index is 0.0194. The molecule has 0 saturated carbocycles. The number of halogens is 1. The van der Waals surface area contributed by atoms with E-state index in [0.717, 1.165) is 16.9 Å². The molecule has 0 bridgehead atoms.